The van der Waals surface area contributed by atoms with E-state index in [0.29, 0.717) is 18.8 Å². The van der Waals surface area contributed by atoms with Gasteiger partial charge >= 0.3 is 6.03 Å². The van der Waals surface area contributed by atoms with Crippen LogP contribution in [0.1, 0.15) is 0 Å². The fourth-order valence-electron chi connectivity index (χ4n) is 2.85. The third-order valence-electron chi connectivity index (χ3n) is 4.27. The SMILES string of the molecule is O=C(CNC(=O)N1CCN(c2ccccc2)CC1)Nc1ccccc1O. The third kappa shape index (κ3) is 4.44. The molecule has 0 aliphatic carbocycles. The van der Waals surface area contributed by atoms with Crippen LogP contribution in [0.2, 0.25) is 0 Å². The number of hydrogen-bond acceptors (Lipinski definition) is 4. The Hall–Kier alpha value is -3.22. The molecule has 7 heteroatoms. The first-order valence-corrected chi connectivity index (χ1v) is 8.54. The molecule has 136 valence electrons. The molecule has 0 radical (unpaired) electrons. The average molecular weight is 354 g/mol. The molecule has 0 atom stereocenters. The van der Waals surface area contributed by atoms with Crippen molar-refractivity contribution in [3.8, 4) is 5.75 Å². The number of benzene rings is 2. The minimum Gasteiger partial charge on any atom is -0.506 e. The number of anilines is 2. The van der Waals surface area contributed by atoms with Gasteiger partial charge < -0.3 is 25.5 Å². The lowest BCUT2D eigenvalue weighted by Crippen LogP contribution is -2.52. The summed E-state index contributed by atoms with van der Waals surface area (Å²) in [6.07, 6.45) is 0. The van der Waals surface area contributed by atoms with Gasteiger partial charge in [-0.1, -0.05) is 30.3 Å². The number of phenolic OH excluding ortho intramolecular Hbond substituents is 1. The number of para-hydroxylation sites is 3. The second kappa shape index (κ2) is 8.24. The van der Waals surface area contributed by atoms with Gasteiger partial charge in [0, 0.05) is 31.9 Å². The Morgan fingerprint density at radius 1 is 0.923 bits per heavy atom. The van der Waals surface area contributed by atoms with Gasteiger partial charge in [-0.05, 0) is 24.3 Å². The number of piperazine rings is 1. The molecule has 2 aromatic carbocycles. The lowest BCUT2D eigenvalue weighted by Gasteiger charge is -2.36. The summed E-state index contributed by atoms with van der Waals surface area (Å²) in [5.74, 6) is -0.396. The van der Waals surface area contributed by atoms with Crippen LogP contribution in [-0.4, -0.2) is 54.7 Å². The summed E-state index contributed by atoms with van der Waals surface area (Å²) in [7, 11) is 0. The standard InChI is InChI=1S/C19H22N4O3/c24-17-9-5-4-8-16(17)21-18(25)14-20-19(26)23-12-10-22(11-13-23)15-6-2-1-3-7-15/h1-9,24H,10-14H2,(H,20,26)(H,21,25). The minimum absolute atomic E-state index is 0.00999. The molecule has 7 nitrogen and oxygen atoms in total. The first kappa shape index (κ1) is 17.6. The van der Waals surface area contributed by atoms with Crippen molar-refractivity contribution in [2.45, 2.75) is 0 Å². The minimum atomic E-state index is -0.386. The summed E-state index contributed by atoms with van der Waals surface area (Å²) in [6, 6.07) is 16.3. The van der Waals surface area contributed by atoms with E-state index < -0.39 is 0 Å². The maximum atomic E-state index is 12.2. The molecular formula is C19H22N4O3. The highest BCUT2D eigenvalue weighted by Gasteiger charge is 2.21. The topological polar surface area (TPSA) is 84.9 Å². The first-order chi connectivity index (χ1) is 12.6. The molecule has 3 rings (SSSR count). The van der Waals surface area contributed by atoms with Gasteiger partial charge in [0.1, 0.15) is 5.75 Å². The lowest BCUT2D eigenvalue weighted by atomic mass is 10.2. The summed E-state index contributed by atoms with van der Waals surface area (Å²) in [6.45, 7) is 2.55. The summed E-state index contributed by atoms with van der Waals surface area (Å²) in [5.41, 5.74) is 1.47. The van der Waals surface area contributed by atoms with Gasteiger partial charge in [0.05, 0.1) is 12.2 Å². The normalized spacial score (nSPS) is 14.0. The highest BCUT2D eigenvalue weighted by molar-refractivity contribution is 5.95. The molecule has 0 unspecified atom stereocenters. The van der Waals surface area contributed by atoms with E-state index in [9.17, 15) is 14.7 Å². The van der Waals surface area contributed by atoms with E-state index in [1.54, 1.807) is 23.1 Å². The number of phenols is 1. The Morgan fingerprint density at radius 2 is 1.58 bits per heavy atom. The summed E-state index contributed by atoms with van der Waals surface area (Å²) in [5, 5.41) is 14.8. The van der Waals surface area contributed by atoms with Crippen LogP contribution < -0.4 is 15.5 Å². The lowest BCUT2D eigenvalue weighted by molar-refractivity contribution is -0.115. The van der Waals surface area contributed by atoms with Crippen LogP contribution in [0.3, 0.4) is 0 Å². The number of carbonyl (C=O) groups is 2. The molecule has 0 spiro atoms. The highest BCUT2D eigenvalue weighted by atomic mass is 16.3. The number of nitrogens with one attached hydrogen (secondary N) is 2. The third-order valence-corrected chi connectivity index (χ3v) is 4.27. The average Bonchev–Trinajstić information content (AvgIpc) is 2.69. The zero-order chi connectivity index (χ0) is 18.4. The Morgan fingerprint density at radius 3 is 2.27 bits per heavy atom. The monoisotopic (exact) mass is 354 g/mol. The molecule has 1 fully saturated rings. The molecule has 3 N–H and O–H groups in total. The Kier molecular flexibility index (Phi) is 5.58. The van der Waals surface area contributed by atoms with Crippen LogP contribution in [0.15, 0.2) is 54.6 Å². The van der Waals surface area contributed by atoms with Gasteiger partial charge in [0.2, 0.25) is 5.91 Å². The zero-order valence-electron chi connectivity index (χ0n) is 14.4. The van der Waals surface area contributed by atoms with Crippen LogP contribution in [0.5, 0.6) is 5.75 Å². The van der Waals surface area contributed by atoms with Gasteiger partial charge in [-0.15, -0.1) is 0 Å². The van der Waals surface area contributed by atoms with Crippen molar-refractivity contribution in [2.75, 3.05) is 42.9 Å². The number of carbonyl (C=O) groups excluding carboxylic acids is 2. The van der Waals surface area contributed by atoms with E-state index in [1.807, 2.05) is 18.2 Å². The molecule has 1 heterocycles. The number of aromatic hydroxyl groups is 1. The maximum absolute atomic E-state index is 12.2. The summed E-state index contributed by atoms with van der Waals surface area (Å²) >= 11 is 0. The fraction of sp³-hybridized carbons (Fsp3) is 0.263. The van der Waals surface area contributed by atoms with Gasteiger partial charge in [-0.2, -0.15) is 0 Å². The van der Waals surface area contributed by atoms with Gasteiger partial charge in [-0.25, -0.2) is 4.79 Å². The maximum Gasteiger partial charge on any atom is 0.317 e. The number of urea groups is 1. The van der Waals surface area contributed by atoms with Crippen molar-refractivity contribution in [1.82, 2.24) is 10.2 Å². The van der Waals surface area contributed by atoms with Gasteiger partial charge in [-0.3, -0.25) is 4.79 Å². The van der Waals surface area contributed by atoms with Crippen LogP contribution >= 0.6 is 0 Å². The molecule has 2 aromatic rings. The van der Waals surface area contributed by atoms with Crippen LogP contribution in [0, 0.1) is 0 Å². The predicted octanol–water partition coefficient (Wildman–Crippen LogP) is 1.86. The molecule has 0 saturated carbocycles. The highest BCUT2D eigenvalue weighted by Crippen LogP contribution is 2.21. The smallest absolute Gasteiger partial charge is 0.317 e. The first-order valence-electron chi connectivity index (χ1n) is 8.54. The molecule has 0 aromatic heterocycles. The van der Waals surface area contributed by atoms with Gasteiger partial charge in [0.25, 0.3) is 0 Å². The number of rotatable bonds is 4. The molecule has 3 amide bonds. The largest absolute Gasteiger partial charge is 0.506 e. The van der Waals surface area contributed by atoms with E-state index >= 15 is 0 Å². The molecular weight excluding hydrogens is 332 g/mol. The van der Waals surface area contributed by atoms with E-state index in [-0.39, 0.29) is 24.2 Å². The zero-order valence-corrected chi connectivity index (χ0v) is 14.4. The molecule has 1 aliphatic rings. The van der Waals surface area contributed by atoms with Crippen molar-refractivity contribution < 1.29 is 14.7 Å². The van der Waals surface area contributed by atoms with E-state index in [0.717, 1.165) is 18.8 Å². The van der Waals surface area contributed by atoms with Crippen molar-refractivity contribution in [3.05, 3.63) is 54.6 Å². The quantitative estimate of drug-likeness (QED) is 0.732. The van der Waals surface area contributed by atoms with E-state index in [2.05, 4.69) is 27.7 Å². The molecule has 1 saturated heterocycles. The Balaban J connectivity index is 1.43. The van der Waals surface area contributed by atoms with Crippen molar-refractivity contribution in [1.29, 1.82) is 0 Å². The second-order valence-corrected chi connectivity index (χ2v) is 6.03. The second-order valence-electron chi connectivity index (χ2n) is 6.03. The van der Waals surface area contributed by atoms with E-state index in [4.69, 9.17) is 0 Å². The summed E-state index contributed by atoms with van der Waals surface area (Å²) < 4.78 is 0. The number of nitrogens with zero attached hydrogens (tertiary/aromatic N) is 2. The van der Waals surface area contributed by atoms with Crippen LogP contribution in [0.4, 0.5) is 16.2 Å². The molecule has 26 heavy (non-hydrogen) atoms. The summed E-state index contributed by atoms with van der Waals surface area (Å²) in [4.78, 5) is 28.1. The van der Waals surface area contributed by atoms with Crippen molar-refractivity contribution >= 4 is 23.3 Å². The molecule has 1 aliphatic heterocycles. The Labute approximate surface area is 152 Å². The van der Waals surface area contributed by atoms with Crippen LogP contribution in [-0.2, 0) is 4.79 Å². The fourth-order valence-corrected chi connectivity index (χ4v) is 2.85. The van der Waals surface area contributed by atoms with E-state index in [1.165, 1.54) is 6.07 Å². The Bertz CT molecular complexity index is 758. The van der Waals surface area contributed by atoms with Crippen molar-refractivity contribution in [2.24, 2.45) is 0 Å². The number of amides is 3. The van der Waals surface area contributed by atoms with Crippen molar-refractivity contribution in [3.63, 3.8) is 0 Å². The molecule has 0 bridgehead atoms. The van der Waals surface area contributed by atoms with Gasteiger partial charge in [0.15, 0.2) is 0 Å². The number of hydrogen-bond donors (Lipinski definition) is 3. The van der Waals surface area contributed by atoms with Crippen LogP contribution in [0.25, 0.3) is 0 Å². The predicted molar refractivity (Wildman–Crippen MR) is 100 cm³/mol.